The fourth-order valence-electron chi connectivity index (χ4n) is 1.33. The molecule has 0 aliphatic carbocycles. The molecule has 0 amide bonds. The second-order valence-electron chi connectivity index (χ2n) is 4.59. The van der Waals surface area contributed by atoms with E-state index in [4.69, 9.17) is 9.47 Å². The second kappa shape index (κ2) is 12.7. The molecule has 104 valence electrons. The van der Waals surface area contributed by atoms with Gasteiger partial charge in [-0.3, -0.25) is 0 Å². The Bertz CT molecular complexity index is 156. The summed E-state index contributed by atoms with van der Waals surface area (Å²) in [4.78, 5) is 0. The van der Waals surface area contributed by atoms with Gasteiger partial charge in [-0.1, -0.05) is 13.8 Å². The second-order valence-corrected chi connectivity index (χ2v) is 5.77. The molecular weight excluding hydrogens is 234 g/mol. The number of thioether (sulfide) groups is 1. The van der Waals surface area contributed by atoms with Crippen LogP contribution in [0.5, 0.6) is 0 Å². The molecule has 1 N–H and O–H groups in total. The van der Waals surface area contributed by atoms with Gasteiger partial charge in [-0.2, -0.15) is 0 Å². The third-order valence-corrected chi connectivity index (χ3v) is 3.35. The van der Waals surface area contributed by atoms with Gasteiger partial charge in [0.1, 0.15) is 0 Å². The smallest absolute Gasteiger partial charge is 0.0701 e. The van der Waals surface area contributed by atoms with Crippen molar-refractivity contribution in [2.24, 2.45) is 5.92 Å². The SMILES string of the molecule is CSC(C)NCCOCCOCCCC(C)C. The molecule has 4 heteroatoms. The Kier molecular flexibility index (Phi) is 12.9. The van der Waals surface area contributed by atoms with E-state index in [1.54, 1.807) is 0 Å². The standard InChI is InChI=1S/C13H29NO2S/c1-12(2)6-5-8-15-10-11-16-9-7-14-13(3)17-4/h12-14H,5-11H2,1-4H3. The summed E-state index contributed by atoms with van der Waals surface area (Å²) < 4.78 is 10.9. The van der Waals surface area contributed by atoms with E-state index >= 15 is 0 Å². The number of rotatable bonds is 12. The van der Waals surface area contributed by atoms with Crippen molar-refractivity contribution in [2.45, 2.75) is 39.0 Å². The summed E-state index contributed by atoms with van der Waals surface area (Å²) >= 11 is 1.81. The number of ether oxygens (including phenoxy) is 2. The maximum absolute atomic E-state index is 5.48. The molecule has 0 aromatic heterocycles. The van der Waals surface area contributed by atoms with Crippen LogP contribution in [0.25, 0.3) is 0 Å². The molecule has 0 spiro atoms. The lowest BCUT2D eigenvalue weighted by molar-refractivity contribution is 0.0467. The lowest BCUT2D eigenvalue weighted by Crippen LogP contribution is -2.27. The Morgan fingerprint density at radius 1 is 1.00 bits per heavy atom. The summed E-state index contributed by atoms with van der Waals surface area (Å²) in [7, 11) is 0. The van der Waals surface area contributed by atoms with Gasteiger partial charge in [0.15, 0.2) is 0 Å². The normalized spacial score (nSPS) is 13.2. The maximum atomic E-state index is 5.48. The minimum atomic E-state index is 0.505. The van der Waals surface area contributed by atoms with Gasteiger partial charge in [0.05, 0.1) is 25.2 Å². The Morgan fingerprint density at radius 3 is 2.24 bits per heavy atom. The molecule has 17 heavy (non-hydrogen) atoms. The van der Waals surface area contributed by atoms with Crippen molar-refractivity contribution >= 4 is 11.8 Å². The minimum Gasteiger partial charge on any atom is -0.379 e. The molecule has 0 fully saturated rings. The molecule has 0 aromatic rings. The molecule has 0 radical (unpaired) electrons. The van der Waals surface area contributed by atoms with Crippen LogP contribution in [0.3, 0.4) is 0 Å². The highest BCUT2D eigenvalue weighted by atomic mass is 32.2. The van der Waals surface area contributed by atoms with E-state index in [1.165, 1.54) is 6.42 Å². The fourth-order valence-corrected chi connectivity index (χ4v) is 1.62. The van der Waals surface area contributed by atoms with Crippen LogP contribution in [0.1, 0.15) is 33.6 Å². The minimum absolute atomic E-state index is 0.505. The van der Waals surface area contributed by atoms with E-state index in [-0.39, 0.29) is 0 Å². The quantitative estimate of drug-likeness (QED) is 0.433. The van der Waals surface area contributed by atoms with Crippen LogP contribution in [0.2, 0.25) is 0 Å². The molecule has 0 aliphatic heterocycles. The van der Waals surface area contributed by atoms with Gasteiger partial charge in [0.2, 0.25) is 0 Å². The van der Waals surface area contributed by atoms with Crippen LogP contribution in [0.4, 0.5) is 0 Å². The van der Waals surface area contributed by atoms with Gasteiger partial charge in [0.25, 0.3) is 0 Å². The summed E-state index contributed by atoms with van der Waals surface area (Å²) in [5, 5.41) is 3.86. The predicted octanol–water partition coefficient (Wildman–Crippen LogP) is 2.75. The highest BCUT2D eigenvalue weighted by Gasteiger charge is 1.97. The first-order valence-corrected chi connectivity index (χ1v) is 7.87. The summed E-state index contributed by atoms with van der Waals surface area (Å²) in [6.45, 7) is 10.6. The van der Waals surface area contributed by atoms with Gasteiger partial charge in [-0.25, -0.2) is 0 Å². The topological polar surface area (TPSA) is 30.5 Å². The maximum Gasteiger partial charge on any atom is 0.0701 e. The van der Waals surface area contributed by atoms with Gasteiger partial charge >= 0.3 is 0 Å². The summed E-state index contributed by atoms with van der Waals surface area (Å²) in [6, 6.07) is 0. The Hall–Kier alpha value is 0.230. The molecule has 0 rings (SSSR count). The zero-order valence-corrected chi connectivity index (χ0v) is 12.6. The van der Waals surface area contributed by atoms with E-state index in [9.17, 15) is 0 Å². The van der Waals surface area contributed by atoms with Crippen LogP contribution in [0.15, 0.2) is 0 Å². The van der Waals surface area contributed by atoms with Gasteiger partial charge in [0, 0.05) is 13.2 Å². The molecule has 0 aromatic carbocycles. The first-order chi connectivity index (χ1) is 8.16. The van der Waals surface area contributed by atoms with Crippen molar-refractivity contribution in [2.75, 3.05) is 39.2 Å². The van der Waals surface area contributed by atoms with Crippen molar-refractivity contribution in [3.63, 3.8) is 0 Å². The van der Waals surface area contributed by atoms with E-state index in [2.05, 4.69) is 32.3 Å². The van der Waals surface area contributed by atoms with Crippen molar-refractivity contribution < 1.29 is 9.47 Å². The average Bonchev–Trinajstić information content (AvgIpc) is 2.30. The summed E-state index contributed by atoms with van der Waals surface area (Å²) in [6.07, 6.45) is 4.51. The third-order valence-electron chi connectivity index (χ3n) is 2.47. The molecule has 3 nitrogen and oxygen atoms in total. The summed E-state index contributed by atoms with van der Waals surface area (Å²) in [5.41, 5.74) is 0. The molecule has 1 unspecified atom stereocenters. The molecule has 1 atom stereocenters. The average molecular weight is 263 g/mol. The lowest BCUT2D eigenvalue weighted by atomic mass is 10.1. The Morgan fingerprint density at radius 2 is 1.65 bits per heavy atom. The van der Waals surface area contributed by atoms with Crippen molar-refractivity contribution in [1.29, 1.82) is 0 Å². The van der Waals surface area contributed by atoms with Crippen LogP contribution in [-0.2, 0) is 9.47 Å². The van der Waals surface area contributed by atoms with E-state index < -0.39 is 0 Å². The lowest BCUT2D eigenvalue weighted by Gasteiger charge is -2.11. The molecule has 0 bridgehead atoms. The highest BCUT2D eigenvalue weighted by Crippen LogP contribution is 2.02. The molecule has 0 aliphatic rings. The van der Waals surface area contributed by atoms with E-state index in [0.717, 1.165) is 38.7 Å². The van der Waals surface area contributed by atoms with Gasteiger partial charge in [-0.05, 0) is 31.9 Å². The van der Waals surface area contributed by atoms with Crippen LogP contribution >= 0.6 is 11.8 Å². The third kappa shape index (κ3) is 14.2. The zero-order valence-electron chi connectivity index (χ0n) is 11.8. The van der Waals surface area contributed by atoms with Crippen molar-refractivity contribution in [3.05, 3.63) is 0 Å². The van der Waals surface area contributed by atoms with Gasteiger partial charge < -0.3 is 14.8 Å². The van der Waals surface area contributed by atoms with Crippen molar-refractivity contribution in [3.8, 4) is 0 Å². The molecule has 0 saturated heterocycles. The number of hydrogen-bond acceptors (Lipinski definition) is 4. The Balaban J connectivity index is 2.99. The van der Waals surface area contributed by atoms with Crippen LogP contribution in [-0.4, -0.2) is 44.6 Å². The predicted molar refractivity (Wildman–Crippen MR) is 76.7 cm³/mol. The van der Waals surface area contributed by atoms with E-state index in [0.29, 0.717) is 12.0 Å². The highest BCUT2D eigenvalue weighted by molar-refractivity contribution is 7.99. The summed E-state index contributed by atoms with van der Waals surface area (Å²) in [5.74, 6) is 0.777. The van der Waals surface area contributed by atoms with Crippen LogP contribution in [0, 0.1) is 5.92 Å². The Labute approximate surface area is 111 Å². The van der Waals surface area contributed by atoms with Crippen molar-refractivity contribution in [1.82, 2.24) is 5.32 Å². The molecular formula is C13H29NO2S. The zero-order chi connectivity index (χ0) is 12.9. The molecule has 0 heterocycles. The number of nitrogens with one attached hydrogen (secondary N) is 1. The first-order valence-electron chi connectivity index (χ1n) is 6.58. The number of hydrogen-bond donors (Lipinski definition) is 1. The largest absolute Gasteiger partial charge is 0.379 e. The molecule has 0 saturated carbocycles. The van der Waals surface area contributed by atoms with E-state index in [1.807, 2.05) is 11.8 Å². The van der Waals surface area contributed by atoms with Crippen LogP contribution < -0.4 is 5.32 Å². The van der Waals surface area contributed by atoms with Gasteiger partial charge in [-0.15, -0.1) is 11.8 Å². The fraction of sp³-hybridized carbons (Fsp3) is 1.00. The monoisotopic (exact) mass is 263 g/mol. The first kappa shape index (κ1) is 17.2.